The fourth-order valence-corrected chi connectivity index (χ4v) is 1.77. The summed E-state index contributed by atoms with van der Waals surface area (Å²) < 4.78 is 5.06. The van der Waals surface area contributed by atoms with Crippen LogP contribution in [0.4, 0.5) is 4.79 Å². The Morgan fingerprint density at radius 1 is 1.04 bits per heavy atom. The van der Waals surface area contributed by atoms with Gasteiger partial charge in [0.15, 0.2) is 0 Å². The normalized spacial score (nSPS) is 10.8. The molecular weight excluding hydrogens is 290 g/mol. The summed E-state index contributed by atoms with van der Waals surface area (Å²) in [5.74, 6) is 4.91. The molecule has 1 amide bonds. The smallest absolute Gasteiger partial charge is 0.408 e. The quantitative estimate of drug-likeness (QED) is 0.884. The minimum atomic E-state index is -0.727. The van der Waals surface area contributed by atoms with Gasteiger partial charge in [-0.25, -0.2) is 4.79 Å². The van der Waals surface area contributed by atoms with E-state index in [4.69, 9.17) is 4.74 Å². The van der Waals surface area contributed by atoms with E-state index in [0.29, 0.717) is 0 Å². The van der Waals surface area contributed by atoms with Crippen molar-refractivity contribution in [3.05, 3.63) is 71.8 Å². The number of carbonyl (C=O) groups excluding carboxylic acids is 2. The Kier molecular flexibility index (Phi) is 5.96. The number of alkyl carbamates (subject to hydrolysis) is 1. The Labute approximate surface area is 135 Å². The standard InChI is InChI=1S/C19H17NO3/c1-15(18(21)13-12-16-8-4-2-5-9-16)20-19(22)23-14-17-10-6-3-7-11-17/h2-11,15H,14H2,1H3,(H,20,22)/t15-/m0/s1. The van der Waals surface area contributed by atoms with Gasteiger partial charge in [0.05, 0.1) is 0 Å². The summed E-state index contributed by atoms with van der Waals surface area (Å²) >= 11 is 0. The third-order valence-electron chi connectivity index (χ3n) is 3.04. The topological polar surface area (TPSA) is 55.4 Å². The average Bonchev–Trinajstić information content (AvgIpc) is 2.59. The largest absolute Gasteiger partial charge is 0.445 e. The number of hydrogen-bond acceptors (Lipinski definition) is 3. The lowest BCUT2D eigenvalue weighted by atomic mass is 10.2. The number of hydrogen-bond donors (Lipinski definition) is 1. The first-order valence-corrected chi connectivity index (χ1v) is 7.23. The monoisotopic (exact) mass is 307 g/mol. The average molecular weight is 307 g/mol. The predicted molar refractivity (Wildman–Crippen MR) is 87.6 cm³/mol. The van der Waals surface area contributed by atoms with Crippen LogP contribution in [0.25, 0.3) is 0 Å². The second-order valence-electron chi connectivity index (χ2n) is 4.91. The zero-order valence-corrected chi connectivity index (χ0v) is 12.8. The van der Waals surface area contributed by atoms with Crippen molar-refractivity contribution in [2.75, 3.05) is 0 Å². The predicted octanol–water partition coefficient (Wildman–Crippen LogP) is 2.92. The van der Waals surface area contributed by atoms with Crippen molar-refractivity contribution < 1.29 is 14.3 Å². The molecule has 0 spiro atoms. The molecule has 2 aromatic rings. The van der Waals surface area contributed by atoms with Gasteiger partial charge >= 0.3 is 6.09 Å². The fourth-order valence-electron chi connectivity index (χ4n) is 1.77. The summed E-state index contributed by atoms with van der Waals surface area (Å²) in [5.41, 5.74) is 1.63. The molecule has 0 unspecified atom stereocenters. The van der Waals surface area contributed by atoms with E-state index >= 15 is 0 Å². The van der Waals surface area contributed by atoms with Crippen molar-refractivity contribution in [1.29, 1.82) is 0 Å². The molecule has 116 valence electrons. The van der Waals surface area contributed by atoms with Crippen molar-refractivity contribution in [3.63, 3.8) is 0 Å². The molecule has 0 saturated heterocycles. The molecule has 0 aliphatic carbocycles. The minimum absolute atomic E-state index is 0.156. The Morgan fingerprint density at radius 2 is 1.65 bits per heavy atom. The van der Waals surface area contributed by atoms with E-state index in [1.807, 2.05) is 60.7 Å². The molecule has 4 heteroatoms. The van der Waals surface area contributed by atoms with Crippen LogP contribution in [0, 0.1) is 11.8 Å². The molecule has 0 aromatic heterocycles. The summed E-state index contributed by atoms with van der Waals surface area (Å²) in [6, 6.07) is 17.8. The van der Waals surface area contributed by atoms with E-state index in [-0.39, 0.29) is 12.4 Å². The van der Waals surface area contributed by atoms with Gasteiger partial charge in [-0.15, -0.1) is 0 Å². The molecule has 4 nitrogen and oxygen atoms in total. The van der Waals surface area contributed by atoms with Gasteiger partial charge in [-0.3, -0.25) is 4.79 Å². The maximum absolute atomic E-state index is 11.9. The SMILES string of the molecule is C[C@H](NC(=O)OCc1ccccc1)C(=O)C#Cc1ccccc1. The van der Waals surface area contributed by atoms with Crippen molar-refractivity contribution in [2.24, 2.45) is 0 Å². The van der Waals surface area contributed by atoms with Crippen molar-refractivity contribution >= 4 is 11.9 Å². The lowest BCUT2D eigenvalue weighted by Crippen LogP contribution is -2.38. The minimum Gasteiger partial charge on any atom is -0.445 e. The number of amides is 1. The summed E-state index contributed by atoms with van der Waals surface area (Å²) in [7, 11) is 0. The van der Waals surface area contributed by atoms with Crippen LogP contribution in [0.3, 0.4) is 0 Å². The summed E-state index contributed by atoms with van der Waals surface area (Å²) in [6.45, 7) is 1.73. The van der Waals surface area contributed by atoms with Crippen LogP contribution in [0.15, 0.2) is 60.7 Å². The Hall–Kier alpha value is -3.06. The third kappa shape index (κ3) is 5.68. The van der Waals surface area contributed by atoms with Crippen LogP contribution < -0.4 is 5.32 Å². The first-order valence-electron chi connectivity index (χ1n) is 7.23. The van der Waals surface area contributed by atoms with E-state index < -0.39 is 12.1 Å². The van der Waals surface area contributed by atoms with Crippen LogP contribution in [-0.4, -0.2) is 17.9 Å². The molecule has 0 saturated carbocycles. The second kappa shape index (κ2) is 8.40. The fraction of sp³-hybridized carbons (Fsp3) is 0.158. The Bertz CT molecular complexity index is 715. The molecule has 0 heterocycles. The van der Waals surface area contributed by atoms with Crippen LogP contribution in [0.2, 0.25) is 0 Å². The van der Waals surface area contributed by atoms with E-state index in [1.165, 1.54) is 0 Å². The zero-order valence-electron chi connectivity index (χ0n) is 12.8. The summed E-state index contributed by atoms with van der Waals surface area (Å²) in [4.78, 5) is 23.6. The van der Waals surface area contributed by atoms with E-state index in [2.05, 4.69) is 17.2 Å². The van der Waals surface area contributed by atoms with Gasteiger partial charge in [-0.2, -0.15) is 0 Å². The summed E-state index contributed by atoms with van der Waals surface area (Å²) in [6.07, 6.45) is -0.642. The molecule has 1 N–H and O–H groups in total. The van der Waals surface area contributed by atoms with Gasteiger partial charge in [0.25, 0.3) is 0 Å². The van der Waals surface area contributed by atoms with Gasteiger partial charge in [-0.05, 0) is 30.5 Å². The van der Waals surface area contributed by atoms with E-state index in [9.17, 15) is 9.59 Å². The van der Waals surface area contributed by atoms with Gasteiger partial charge in [-0.1, -0.05) is 54.5 Å². The van der Waals surface area contributed by atoms with Crippen molar-refractivity contribution in [1.82, 2.24) is 5.32 Å². The summed E-state index contributed by atoms with van der Waals surface area (Å²) in [5, 5.41) is 2.47. The number of nitrogens with one attached hydrogen (secondary N) is 1. The molecule has 2 aromatic carbocycles. The highest BCUT2D eigenvalue weighted by atomic mass is 16.5. The van der Waals surface area contributed by atoms with Gasteiger partial charge < -0.3 is 10.1 Å². The molecule has 1 atom stereocenters. The lowest BCUT2D eigenvalue weighted by molar-refractivity contribution is -0.115. The van der Waals surface area contributed by atoms with E-state index in [0.717, 1.165) is 11.1 Å². The van der Waals surface area contributed by atoms with Crippen molar-refractivity contribution in [2.45, 2.75) is 19.6 Å². The molecular formula is C19H17NO3. The first kappa shape index (κ1) is 16.3. The molecule has 0 aliphatic rings. The van der Waals surface area contributed by atoms with Crippen LogP contribution in [0.5, 0.6) is 0 Å². The van der Waals surface area contributed by atoms with Gasteiger partial charge in [0.1, 0.15) is 12.6 Å². The number of ketones is 1. The van der Waals surface area contributed by atoms with Crippen molar-refractivity contribution in [3.8, 4) is 11.8 Å². The zero-order chi connectivity index (χ0) is 16.5. The molecule has 0 radical (unpaired) electrons. The van der Waals surface area contributed by atoms with Crippen LogP contribution >= 0.6 is 0 Å². The number of Topliss-reactive ketones (excluding diaryl/α,β-unsaturated/α-hetero) is 1. The van der Waals surface area contributed by atoms with Crippen LogP contribution in [0.1, 0.15) is 18.1 Å². The molecule has 0 aliphatic heterocycles. The van der Waals surface area contributed by atoms with E-state index in [1.54, 1.807) is 6.92 Å². The third-order valence-corrected chi connectivity index (χ3v) is 3.04. The highest BCUT2D eigenvalue weighted by Crippen LogP contribution is 2.01. The lowest BCUT2D eigenvalue weighted by Gasteiger charge is -2.10. The number of rotatable bonds is 4. The first-order chi connectivity index (χ1) is 11.1. The molecule has 2 rings (SSSR count). The maximum Gasteiger partial charge on any atom is 0.408 e. The van der Waals surface area contributed by atoms with Gasteiger partial charge in [0.2, 0.25) is 5.78 Å². The number of ether oxygens (including phenoxy) is 1. The molecule has 0 bridgehead atoms. The molecule has 0 fully saturated rings. The second-order valence-corrected chi connectivity index (χ2v) is 4.91. The maximum atomic E-state index is 11.9. The highest BCUT2D eigenvalue weighted by Gasteiger charge is 2.14. The number of benzene rings is 2. The Morgan fingerprint density at radius 3 is 2.30 bits per heavy atom. The number of carbonyl (C=O) groups is 2. The molecule has 23 heavy (non-hydrogen) atoms. The highest BCUT2D eigenvalue weighted by molar-refractivity contribution is 6.01. The van der Waals surface area contributed by atoms with Gasteiger partial charge in [0, 0.05) is 5.56 Å². The Balaban J connectivity index is 1.81. The van der Waals surface area contributed by atoms with Crippen LogP contribution in [-0.2, 0) is 16.1 Å².